The van der Waals surface area contributed by atoms with E-state index in [1.54, 1.807) is 22.9 Å². The average molecular weight is 280 g/mol. The number of aromatic nitrogens is 4. The molecule has 0 aliphatic heterocycles. The second-order valence-electron chi connectivity index (χ2n) is 4.60. The number of tetrazole rings is 1. The summed E-state index contributed by atoms with van der Waals surface area (Å²) in [5.41, 5.74) is 7.39. The quantitative estimate of drug-likeness (QED) is 0.854. The maximum atomic E-state index is 6.01. The Bertz CT molecular complexity index is 548. The zero-order chi connectivity index (χ0) is 13.8. The number of nitrogens with zero attached hydrogens (tertiary/aromatic N) is 4. The summed E-state index contributed by atoms with van der Waals surface area (Å²) >= 11 is 6.01. The summed E-state index contributed by atoms with van der Waals surface area (Å²) in [6.45, 7) is 5.14. The number of nitrogen functional groups attached to an aromatic ring is 1. The van der Waals surface area contributed by atoms with E-state index in [0.717, 1.165) is 24.9 Å². The van der Waals surface area contributed by atoms with Crippen LogP contribution in [0.15, 0.2) is 18.2 Å². The Hall–Kier alpha value is -1.62. The first-order valence-electron chi connectivity index (χ1n) is 6.47. The van der Waals surface area contributed by atoms with E-state index in [4.69, 9.17) is 17.3 Å². The highest BCUT2D eigenvalue weighted by Crippen LogP contribution is 2.27. The van der Waals surface area contributed by atoms with Crippen LogP contribution in [0.25, 0.3) is 11.4 Å². The lowest BCUT2D eigenvalue weighted by atomic mass is 10.0. The summed E-state index contributed by atoms with van der Waals surface area (Å²) in [7, 11) is 0. The largest absolute Gasteiger partial charge is 0.398 e. The summed E-state index contributed by atoms with van der Waals surface area (Å²) in [6, 6.07) is 5.33. The SMILES string of the molecule is CCC(CC)Cn1nnnc1-c1cc(Cl)ccc1N. The van der Waals surface area contributed by atoms with Crippen molar-refractivity contribution in [3.63, 3.8) is 0 Å². The Balaban J connectivity index is 2.36. The van der Waals surface area contributed by atoms with Crippen LogP contribution in [0, 0.1) is 5.92 Å². The summed E-state index contributed by atoms with van der Waals surface area (Å²) < 4.78 is 1.81. The van der Waals surface area contributed by atoms with E-state index in [0.29, 0.717) is 22.5 Å². The number of rotatable bonds is 5. The molecule has 0 fully saturated rings. The lowest BCUT2D eigenvalue weighted by molar-refractivity contribution is 0.393. The van der Waals surface area contributed by atoms with Gasteiger partial charge in [0.1, 0.15) is 0 Å². The van der Waals surface area contributed by atoms with Gasteiger partial charge in [-0.2, -0.15) is 0 Å². The van der Waals surface area contributed by atoms with Crippen molar-refractivity contribution in [3.8, 4) is 11.4 Å². The molecule has 6 heteroatoms. The van der Waals surface area contributed by atoms with Crippen LogP contribution < -0.4 is 5.73 Å². The van der Waals surface area contributed by atoms with Gasteiger partial charge in [-0.15, -0.1) is 5.10 Å². The molecule has 0 unspecified atom stereocenters. The number of hydrogen-bond donors (Lipinski definition) is 1. The van der Waals surface area contributed by atoms with Crippen LogP contribution in [0.1, 0.15) is 26.7 Å². The Morgan fingerprint density at radius 1 is 1.32 bits per heavy atom. The fraction of sp³-hybridized carbons (Fsp3) is 0.462. The van der Waals surface area contributed by atoms with Gasteiger partial charge in [-0.1, -0.05) is 38.3 Å². The molecule has 19 heavy (non-hydrogen) atoms. The maximum Gasteiger partial charge on any atom is 0.184 e. The third kappa shape index (κ3) is 3.04. The maximum absolute atomic E-state index is 6.01. The zero-order valence-corrected chi connectivity index (χ0v) is 11.9. The van der Waals surface area contributed by atoms with Crippen molar-refractivity contribution in [1.29, 1.82) is 0 Å². The molecule has 0 atom stereocenters. The zero-order valence-electron chi connectivity index (χ0n) is 11.2. The Morgan fingerprint density at radius 3 is 2.74 bits per heavy atom. The van der Waals surface area contributed by atoms with Gasteiger partial charge in [-0.25, -0.2) is 4.68 Å². The molecule has 0 aliphatic carbocycles. The molecule has 0 saturated carbocycles. The normalized spacial score (nSPS) is 11.2. The van der Waals surface area contributed by atoms with Crippen LogP contribution in [-0.2, 0) is 6.54 Å². The number of nitrogens with two attached hydrogens (primary N) is 1. The summed E-state index contributed by atoms with van der Waals surface area (Å²) in [5, 5.41) is 12.5. The first-order valence-corrected chi connectivity index (χ1v) is 6.85. The molecule has 0 saturated heterocycles. The minimum absolute atomic E-state index is 0.558. The number of benzene rings is 1. The van der Waals surface area contributed by atoms with E-state index < -0.39 is 0 Å². The van der Waals surface area contributed by atoms with Crippen LogP contribution in [0.2, 0.25) is 5.02 Å². The molecular weight excluding hydrogens is 262 g/mol. The Labute approximate surface area is 117 Å². The molecule has 1 aromatic heterocycles. The molecular formula is C13H18ClN5. The Morgan fingerprint density at radius 2 is 2.05 bits per heavy atom. The molecule has 5 nitrogen and oxygen atoms in total. The van der Waals surface area contributed by atoms with Crippen molar-refractivity contribution in [2.45, 2.75) is 33.2 Å². The average Bonchev–Trinajstić information content (AvgIpc) is 2.86. The van der Waals surface area contributed by atoms with Gasteiger partial charge in [-0.05, 0) is 34.5 Å². The van der Waals surface area contributed by atoms with Gasteiger partial charge >= 0.3 is 0 Å². The third-order valence-corrected chi connectivity index (χ3v) is 3.61. The van der Waals surface area contributed by atoms with E-state index in [1.807, 2.05) is 0 Å². The molecule has 2 rings (SSSR count). The molecule has 102 valence electrons. The smallest absolute Gasteiger partial charge is 0.184 e. The molecule has 0 aliphatic rings. The minimum Gasteiger partial charge on any atom is -0.398 e. The van der Waals surface area contributed by atoms with Crippen LogP contribution >= 0.6 is 11.6 Å². The fourth-order valence-corrected chi connectivity index (χ4v) is 2.21. The molecule has 2 aromatic rings. The minimum atomic E-state index is 0.558. The van der Waals surface area contributed by atoms with Gasteiger partial charge < -0.3 is 5.73 Å². The van der Waals surface area contributed by atoms with Crippen LogP contribution in [0.5, 0.6) is 0 Å². The first-order chi connectivity index (χ1) is 9.15. The van der Waals surface area contributed by atoms with Crippen LogP contribution in [0.4, 0.5) is 5.69 Å². The Kier molecular flexibility index (Phi) is 4.37. The fourth-order valence-electron chi connectivity index (χ4n) is 2.03. The summed E-state index contributed by atoms with van der Waals surface area (Å²) in [6.07, 6.45) is 2.20. The first kappa shape index (κ1) is 13.8. The van der Waals surface area contributed by atoms with Crippen molar-refractivity contribution < 1.29 is 0 Å². The predicted molar refractivity (Wildman–Crippen MR) is 76.7 cm³/mol. The predicted octanol–water partition coefficient (Wildman–Crippen LogP) is 3.01. The second-order valence-corrected chi connectivity index (χ2v) is 5.04. The van der Waals surface area contributed by atoms with Gasteiger partial charge in [0.25, 0.3) is 0 Å². The number of anilines is 1. The second kappa shape index (κ2) is 6.02. The highest BCUT2D eigenvalue weighted by Gasteiger charge is 2.15. The van der Waals surface area contributed by atoms with Crippen molar-refractivity contribution in [1.82, 2.24) is 20.2 Å². The molecule has 2 N–H and O–H groups in total. The monoisotopic (exact) mass is 279 g/mol. The van der Waals surface area contributed by atoms with Crippen molar-refractivity contribution >= 4 is 17.3 Å². The summed E-state index contributed by atoms with van der Waals surface area (Å²) in [4.78, 5) is 0. The number of hydrogen-bond acceptors (Lipinski definition) is 4. The molecule has 0 spiro atoms. The third-order valence-electron chi connectivity index (χ3n) is 3.37. The van der Waals surface area contributed by atoms with E-state index in [9.17, 15) is 0 Å². The van der Waals surface area contributed by atoms with Crippen LogP contribution in [-0.4, -0.2) is 20.2 Å². The van der Waals surface area contributed by atoms with Gasteiger partial charge in [0.2, 0.25) is 0 Å². The van der Waals surface area contributed by atoms with Crippen molar-refractivity contribution in [2.75, 3.05) is 5.73 Å². The van der Waals surface area contributed by atoms with Gasteiger partial charge in [-0.3, -0.25) is 0 Å². The highest BCUT2D eigenvalue weighted by molar-refractivity contribution is 6.31. The van der Waals surface area contributed by atoms with E-state index >= 15 is 0 Å². The van der Waals surface area contributed by atoms with E-state index in [-0.39, 0.29) is 0 Å². The molecule has 0 bridgehead atoms. The van der Waals surface area contributed by atoms with Crippen LogP contribution in [0.3, 0.4) is 0 Å². The molecule has 0 amide bonds. The van der Waals surface area contributed by atoms with E-state index in [1.165, 1.54) is 0 Å². The lowest BCUT2D eigenvalue weighted by Gasteiger charge is -2.13. The topological polar surface area (TPSA) is 69.6 Å². The van der Waals surface area contributed by atoms with Crippen molar-refractivity contribution in [3.05, 3.63) is 23.2 Å². The molecule has 0 radical (unpaired) electrons. The molecule has 1 aromatic carbocycles. The lowest BCUT2D eigenvalue weighted by Crippen LogP contribution is -2.12. The highest BCUT2D eigenvalue weighted by atomic mass is 35.5. The molecule has 1 heterocycles. The van der Waals surface area contributed by atoms with Gasteiger partial charge in [0.05, 0.1) is 0 Å². The van der Waals surface area contributed by atoms with E-state index in [2.05, 4.69) is 29.4 Å². The summed E-state index contributed by atoms with van der Waals surface area (Å²) in [5.74, 6) is 1.23. The van der Waals surface area contributed by atoms with Crippen molar-refractivity contribution in [2.24, 2.45) is 5.92 Å². The van der Waals surface area contributed by atoms with Gasteiger partial charge in [0.15, 0.2) is 5.82 Å². The standard InChI is InChI=1S/C13H18ClN5/c1-3-9(4-2)8-19-13(16-17-18-19)11-7-10(14)5-6-12(11)15/h5-7,9H,3-4,8,15H2,1-2H3. The van der Waals surface area contributed by atoms with Gasteiger partial charge in [0, 0.05) is 22.8 Å². The number of halogens is 1.